The molecule has 0 bridgehead atoms. The minimum atomic E-state index is -4.66. The van der Waals surface area contributed by atoms with Crippen LogP contribution in [0.4, 0.5) is 18.9 Å². The first-order valence-corrected chi connectivity index (χ1v) is 11.8. The molecular weight excluding hydrogens is 467 g/mol. The fourth-order valence-corrected chi connectivity index (χ4v) is 6.18. The van der Waals surface area contributed by atoms with Crippen molar-refractivity contribution in [3.8, 4) is 10.6 Å². The Balaban J connectivity index is 1.45. The highest BCUT2D eigenvalue weighted by Crippen LogP contribution is 2.36. The number of halogens is 3. The molecule has 1 aliphatic rings. The second-order valence-electron chi connectivity index (χ2n) is 7.19. The summed E-state index contributed by atoms with van der Waals surface area (Å²) in [6.07, 6.45) is -4.66. The first-order valence-electron chi connectivity index (χ1n) is 9.56. The number of carbonyl (C=O) groups excluding carboxylic acids is 1. The van der Waals surface area contributed by atoms with E-state index in [2.05, 4.69) is 9.68 Å². The lowest BCUT2D eigenvalue weighted by Crippen LogP contribution is -2.48. The van der Waals surface area contributed by atoms with Gasteiger partial charge in [-0.25, -0.2) is 8.42 Å². The van der Waals surface area contributed by atoms with E-state index in [0.717, 1.165) is 23.1 Å². The molecule has 0 amide bonds. The van der Waals surface area contributed by atoms with Gasteiger partial charge in [-0.3, -0.25) is 4.79 Å². The van der Waals surface area contributed by atoms with Crippen LogP contribution in [0.25, 0.3) is 10.6 Å². The molecule has 2 aromatic heterocycles. The summed E-state index contributed by atoms with van der Waals surface area (Å²) in [5, 5.41) is 3.40. The van der Waals surface area contributed by atoms with E-state index in [-0.39, 0.29) is 33.7 Å². The SMILES string of the molecule is CC(=O)c1ccc(N2CCN(S(=O)(=O)c3ccc(-c4cc(C(F)(F)F)on4)s3)CC2)cc1. The van der Waals surface area contributed by atoms with Crippen molar-refractivity contribution in [2.75, 3.05) is 31.1 Å². The Labute approximate surface area is 186 Å². The number of thiophene rings is 1. The van der Waals surface area contributed by atoms with E-state index < -0.39 is 22.0 Å². The minimum Gasteiger partial charge on any atom is -0.369 e. The molecule has 7 nitrogen and oxygen atoms in total. The Hall–Kier alpha value is -2.70. The molecule has 4 rings (SSSR count). The van der Waals surface area contributed by atoms with Gasteiger partial charge >= 0.3 is 6.18 Å². The van der Waals surface area contributed by atoms with Crippen LogP contribution < -0.4 is 4.90 Å². The van der Waals surface area contributed by atoms with E-state index in [1.54, 1.807) is 12.1 Å². The maximum absolute atomic E-state index is 13.0. The molecule has 0 saturated carbocycles. The van der Waals surface area contributed by atoms with Crippen molar-refractivity contribution < 1.29 is 30.9 Å². The number of anilines is 1. The van der Waals surface area contributed by atoms with Crippen LogP contribution in [0.1, 0.15) is 23.0 Å². The molecule has 170 valence electrons. The van der Waals surface area contributed by atoms with Gasteiger partial charge in [0.25, 0.3) is 10.0 Å². The van der Waals surface area contributed by atoms with Crippen LogP contribution in [0.15, 0.2) is 51.2 Å². The summed E-state index contributed by atoms with van der Waals surface area (Å²) < 4.78 is 69.9. The number of sulfonamides is 1. The third-order valence-electron chi connectivity index (χ3n) is 5.10. The van der Waals surface area contributed by atoms with Crippen molar-refractivity contribution in [2.24, 2.45) is 0 Å². The monoisotopic (exact) mass is 485 g/mol. The highest BCUT2D eigenvalue weighted by atomic mass is 32.2. The molecule has 1 aliphatic heterocycles. The third kappa shape index (κ3) is 4.43. The van der Waals surface area contributed by atoms with Crippen LogP contribution in [0.3, 0.4) is 0 Å². The van der Waals surface area contributed by atoms with Crippen molar-refractivity contribution in [3.05, 3.63) is 53.8 Å². The number of carbonyl (C=O) groups is 1. The molecule has 0 atom stereocenters. The van der Waals surface area contributed by atoms with Crippen LogP contribution in [-0.4, -0.2) is 49.8 Å². The van der Waals surface area contributed by atoms with Gasteiger partial charge < -0.3 is 9.42 Å². The number of benzene rings is 1. The van der Waals surface area contributed by atoms with E-state index in [4.69, 9.17) is 0 Å². The van der Waals surface area contributed by atoms with Crippen LogP contribution in [-0.2, 0) is 16.2 Å². The second kappa shape index (κ2) is 8.34. The molecule has 3 aromatic rings. The molecule has 0 spiro atoms. The number of rotatable bonds is 5. The third-order valence-corrected chi connectivity index (χ3v) is 8.57. The number of alkyl halides is 3. The maximum Gasteiger partial charge on any atom is 0.452 e. The van der Waals surface area contributed by atoms with Crippen LogP contribution in [0.2, 0.25) is 0 Å². The highest BCUT2D eigenvalue weighted by Gasteiger charge is 2.36. The number of hydrogen-bond acceptors (Lipinski definition) is 7. The molecule has 0 unspecified atom stereocenters. The smallest absolute Gasteiger partial charge is 0.369 e. The van der Waals surface area contributed by atoms with Gasteiger partial charge in [-0.2, -0.15) is 17.5 Å². The van der Waals surface area contributed by atoms with Gasteiger partial charge in [-0.15, -0.1) is 11.3 Å². The fourth-order valence-electron chi connectivity index (χ4n) is 3.34. The van der Waals surface area contributed by atoms with E-state index in [1.807, 2.05) is 17.0 Å². The zero-order valence-corrected chi connectivity index (χ0v) is 18.4. The molecule has 1 fully saturated rings. The number of hydrogen-bond donors (Lipinski definition) is 0. The van der Waals surface area contributed by atoms with Crippen molar-refractivity contribution in [1.29, 1.82) is 0 Å². The van der Waals surface area contributed by atoms with Crippen molar-refractivity contribution in [1.82, 2.24) is 9.46 Å². The number of piperazine rings is 1. The summed E-state index contributed by atoms with van der Waals surface area (Å²) in [6.45, 7) is 2.94. The molecule has 0 aliphatic carbocycles. The van der Waals surface area contributed by atoms with Gasteiger partial charge in [0.2, 0.25) is 5.76 Å². The molecule has 0 radical (unpaired) electrons. The molecule has 0 N–H and O–H groups in total. The zero-order valence-electron chi connectivity index (χ0n) is 16.8. The normalized spacial score (nSPS) is 15.8. The highest BCUT2D eigenvalue weighted by molar-refractivity contribution is 7.91. The van der Waals surface area contributed by atoms with E-state index in [9.17, 15) is 26.4 Å². The lowest BCUT2D eigenvalue weighted by molar-refractivity contribution is -0.155. The average molecular weight is 486 g/mol. The van der Waals surface area contributed by atoms with Crippen LogP contribution in [0, 0.1) is 0 Å². The standard InChI is InChI=1S/C20H18F3N3O4S2/c1-13(27)14-2-4-15(5-3-14)25-8-10-26(11-9-25)32(28,29)19-7-6-17(31-19)16-12-18(30-24-16)20(21,22)23/h2-7,12H,8-11H2,1H3. The number of aromatic nitrogens is 1. The zero-order chi connectivity index (χ0) is 23.1. The summed E-state index contributed by atoms with van der Waals surface area (Å²) in [7, 11) is -3.79. The Bertz CT molecular complexity index is 1230. The quantitative estimate of drug-likeness (QED) is 0.506. The molecule has 12 heteroatoms. The molecule has 1 saturated heterocycles. The summed E-state index contributed by atoms with van der Waals surface area (Å²) in [4.78, 5) is 13.7. The van der Waals surface area contributed by atoms with Gasteiger partial charge in [0, 0.05) is 43.5 Å². The summed E-state index contributed by atoms with van der Waals surface area (Å²) in [6, 6.07) is 10.7. The van der Waals surface area contributed by atoms with E-state index in [0.29, 0.717) is 18.7 Å². The van der Waals surface area contributed by atoms with Crippen molar-refractivity contribution in [3.63, 3.8) is 0 Å². The largest absolute Gasteiger partial charge is 0.452 e. The van der Waals surface area contributed by atoms with Gasteiger partial charge in [-0.1, -0.05) is 5.16 Å². The maximum atomic E-state index is 13.0. The first kappa shape index (κ1) is 22.5. The Morgan fingerprint density at radius 1 is 1.06 bits per heavy atom. The lowest BCUT2D eigenvalue weighted by atomic mass is 10.1. The van der Waals surface area contributed by atoms with Gasteiger partial charge in [0.15, 0.2) is 5.78 Å². The predicted molar refractivity (Wildman–Crippen MR) is 112 cm³/mol. The minimum absolute atomic E-state index is 0.0250. The fraction of sp³-hybridized carbons (Fsp3) is 0.300. The first-order chi connectivity index (χ1) is 15.1. The number of Topliss-reactive ketones (excluding diaryl/α,β-unsaturated/α-hetero) is 1. The van der Waals surface area contributed by atoms with Crippen molar-refractivity contribution >= 4 is 32.8 Å². The Morgan fingerprint density at radius 2 is 1.72 bits per heavy atom. The van der Waals surface area contributed by atoms with Gasteiger partial charge in [-0.05, 0) is 43.3 Å². The Morgan fingerprint density at radius 3 is 2.28 bits per heavy atom. The van der Waals surface area contributed by atoms with Gasteiger partial charge in [0.1, 0.15) is 9.90 Å². The topological polar surface area (TPSA) is 83.7 Å². The average Bonchev–Trinajstić information content (AvgIpc) is 3.44. The summed E-state index contributed by atoms with van der Waals surface area (Å²) in [5.74, 6) is -1.26. The van der Waals surface area contributed by atoms with E-state index in [1.165, 1.54) is 23.4 Å². The van der Waals surface area contributed by atoms with Crippen LogP contribution in [0.5, 0.6) is 0 Å². The second-order valence-corrected chi connectivity index (χ2v) is 10.4. The lowest BCUT2D eigenvalue weighted by Gasteiger charge is -2.35. The molecule has 3 heterocycles. The van der Waals surface area contributed by atoms with E-state index >= 15 is 0 Å². The van der Waals surface area contributed by atoms with Crippen LogP contribution >= 0.6 is 11.3 Å². The molecule has 32 heavy (non-hydrogen) atoms. The Kier molecular flexibility index (Phi) is 5.86. The molecular formula is C20H18F3N3O4S2. The molecule has 1 aromatic carbocycles. The number of nitrogens with zero attached hydrogens (tertiary/aromatic N) is 3. The summed E-state index contributed by atoms with van der Waals surface area (Å²) >= 11 is 0.847. The number of ketones is 1. The predicted octanol–water partition coefficient (Wildman–Crippen LogP) is 4.14. The van der Waals surface area contributed by atoms with Crippen molar-refractivity contribution in [2.45, 2.75) is 17.3 Å². The van der Waals surface area contributed by atoms with Gasteiger partial charge in [0.05, 0.1) is 4.88 Å². The summed E-state index contributed by atoms with van der Waals surface area (Å²) in [5.41, 5.74) is 1.44.